The summed E-state index contributed by atoms with van der Waals surface area (Å²) in [6.07, 6.45) is 0. The zero-order valence-corrected chi connectivity index (χ0v) is 11.3. The topological polar surface area (TPSA) is 32.3 Å². The molecular weight excluding hydrogens is 251 g/mol. The molecule has 0 radical (unpaired) electrons. The molecule has 0 bridgehead atoms. The lowest BCUT2D eigenvalue weighted by Gasteiger charge is -2.24. The van der Waals surface area contributed by atoms with Crippen molar-refractivity contribution < 1.29 is 9.18 Å². The number of thioether (sulfide) groups is 1. The fourth-order valence-electron chi connectivity index (χ4n) is 2.05. The molecule has 98 valence electrons. The number of nitrogens with zero attached hydrogens (tertiary/aromatic N) is 1. The summed E-state index contributed by atoms with van der Waals surface area (Å²) in [5, 5.41) is 2.71. The van der Waals surface area contributed by atoms with Crippen molar-refractivity contribution in [3.05, 3.63) is 35.6 Å². The number of carbonyl (C=O) groups excluding carboxylic acids is 1. The van der Waals surface area contributed by atoms with E-state index in [1.807, 2.05) is 20.0 Å². The molecule has 1 aliphatic rings. The van der Waals surface area contributed by atoms with Crippen LogP contribution in [0.5, 0.6) is 0 Å². The minimum absolute atomic E-state index is 0.0866. The molecule has 0 aromatic heterocycles. The molecule has 0 saturated carbocycles. The summed E-state index contributed by atoms with van der Waals surface area (Å²) >= 11 is 1.51. The molecule has 0 unspecified atom stereocenters. The van der Waals surface area contributed by atoms with Crippen molar-refractivity contribution in [1.29, 1.82) is 0 Å². The molecule has 0 spiro atoms. The van der Waals surface area contributed by atoms with E-state index in [9.17, 15) is 9.18 Å². The van der Waals surface area contributed by atoms with Gasteiger partial charge < -0.3 is 10.2 Å². The van der Waals surface area contributed by atoms with Gasteiger partial charge in [-0.3, -0.25) is 4.79 Å². The summed E-state index contributed by atoms with van der Waals surface area (Å²) in [6, 6.07) is 6.68. The smallest absolute Gasteiger partial charge is 0.236 e. The summed E-state index contributed by atoms with van der Waals surface area (Å²) in [6.45, 7) is 3.19. The van der Waals surface area contributed by atoms with E-state index < -0.39 is 0 Å². The van der Waals surface area contributed by atoms with Gasteiger partial charge in [0, 0.05) is 18.7 Å². The first kappa shape index (κ1) is 13.4. The SMILES string of the molecule is CNCCN1C(=O)[C@H](C)S[C@@H]1c1ccccc1F. The standard InChI is InChI=1S/C13H17FN2OS/c1-9-12(17)16(8-7-15-2)13(18-9)10-5-3-4-6-11(10)14/h3-6,9,13,15H,7-8H2,1-2H3/t9-,13+/m0/s1. The number of benzene rings is 1. The van der Waals surface area contributed by atoms with Gasteiger partial charge in [-0.25, -0.2) is 4.39 Å². The van der Waals surface area contributed by atoms with Crippen LogP contribution in [0.3, 0.4) is 0 Å². The number of amides is 1. The van der Waals surface area contributed by atoms with Crippen molar-refractivity contribution in [3.8, 4) is 0 Å². The zero-order valence-electron chi connectivity index (χ0n) is 10.5. The normalized spacial score (nSPS) is 23.7. The third kappa shape index (κ3) is 2.52. The van der Waals surface area contributed by atoms with Gasteiger partial charge in [0.1, 0.15) is 11.2 Å². The second-order valence-corrected chi connectivity index (χ2v) is 5.71. The Morgan fingerprint density at radius 3 is 2.83 bits per heavy atom. The van der Waals surface area contributed by atoms with E-state index in [2.05, 4.69) is 5.32 Å². The van der Waals surface area contributed by atoms with Crippen molar-refractivity contribution in [2.75, 3.05) is 20.1 Å². The Morgan fingerprint density at radius 2 is 2.17 bits per heavy atom. The first-order chi connectivity index (χ1) is 8.65. The van der Waals surface area contributed by atoms with Gasteiger partial charge in [0.2, 0.25) is 5.91 Å². The lowest BCUT2D eigenvalue weighted by atomic mass is 10.2. The first-order valence-corrected chi connectivity index (χ1v) is 6.94. The van der Waals surface area contributed by atoms with Crippen molar-refractivity contribution in [3.63, 3.8) is 0 Å². The molecule has 3 nitrogen and oxygen atoms in total. The third-order valence-corrected chi connectivity index (χ3v) is 4.40. The molecule has 1 aromatic rings. The Kier molecular flexibility index (Phi) is 4.24. The molecule has 1 aromatic carbocycles. The van der Waals surface area contributed by atoms with Gasteiger partial charge in [0.05, 0.1) is 5.25 Å². The van der Waals surface area contributed by atoms with E-state index in [0.717, 1.165) is 0 Å². The van der Waals surface area contributed by atoms with Gasteiger partial charge in [-0.15, -0.1) is 11.8 Å². The average molecular weight is 268 g/mol. The molecule has 0 aliphatic carbocycles. The van der Waals surface area contributed by atoms with Crippen LogP contribution in [0.4, 0.5) is 4.39 Å². The predicted molar refractivity (Wildman–Crippen MR) is 71.8 cm³/mol. The Balaban J connectivity index is 2.25. The quantitative estimate of drug-likeness (QED) is 0.906. The molecular formula is C13H17FN2OS. The highest BCUT2D eigenvalue weighted by atomic mass is 32.2. The maximum absolute atomic E-state index is 13.8. The van der Waals surface area contributed by atoms with Gasteiger partial charge in [0.15, 0.2) is 0 Å². The Morgan fingerprint density at radius 1 is 1.44 bits per heavy atom. The number of likely N-dealkylation sites (N-methyl/N-ethyl adjacent to an activating group) is 1. The molecule has 1 fully saturated rings. The fraction of sp³-hybridized carbons (Fsp3) is 0.462. The van der Waals surface area contributed by atoms with Gasteiger partial charge in [-0.2, -0.15) is 0 Å². The van der Waals surface area contributed by atoms with E-state index in [1.165, 1.54) is 17.8 Å². The number of rotatable bonds is 4. The maximum atomic E-state index is 13.8. The molecule has 1 amide bonds. The molecule has 1 N–H and O–H groups in total. The largest absolute Gasteiger partial charge is 0.324 e. The van der Waals surface area contributed by atoms with Gasteiger partial charge >= 0.3 is 0 Å². The number of halogens is 1. The zero-order chi connectivity index (χ0) is 13.1. The molecule has 2 atom stereocenters. The van der Waals surface area contributed by atoms with Crippen LogP contribution >= 0.6 is 11.8 Å². The van der Waals surface area contributed by atoms with Crippen molar-refractivity contribution in [2.24, 2.45) is 0 Å². The van der Waals surface area contributed by atoms with Gasteiger partial charge in [-0.05, 0) is 20.0 Å². The molecule has 5 heteroatoms. The lowest BCUT2D eigenvalue weighted by molar-refractivity contribution is -0.129. The van der Waals surface area contributed by atoms with Crippen LogP contribution in [-0.4, -0.2) is 36.2 Å². The van der Waals surface area contributed by atoms with E-state index in [0.29, 0.717) is 18.7 Å². The minimum atomic E-state index is -0.244. The minimum Gasteiger partial charge on any atom is -0.324 e. The van der Waals surface area contributed by atoms with E-state index >= 15 is 0 Å². The number of hydrogen-bond acceptors (Lipinski definition) is 3. The van der Waals surface area contributed by atoms with E-state index in [1.54, 1.807) is 17.0 Å². The highest BCUT2D eigenvalue weighted by Crippen LogP contribution is 2.43. The molecule has 1 saturated heterocycles. The maximum Gasteiger partial charge on any atom is 0.236 e. The van der Waals surface area contributed by atoms with Gasteiger partial charge in [-0.1, -0.05) is 18.2 Å². The van der Waals surface area contributed by atoms with Crippen LogP contribution in [0.15, 0.2) is 24.3 Å². The summed E-state index contributed by atoms with van der Waals surface area (Å²) in [4.78, 5) is 13.8. The number of carbonyl (C=O) groups is 1. The highest BCUT2D eigenvalue weighted by molar-refractivity contribution is 8.01. The first-order valence-electron chi connectivity index (χ1n) is 6.00. The van der Waals surface area contributed by atoms with Crippen LogP contribution < -0.4 is 5.32 Å². The third-order valence-electron chi connectivity index (χ3n) is 3.02. The van der Waals surface area contributed by atoms with Crippen LogP contribution in [0.2, 0.25) is 0 Å². The van der Waals surface area contributed by atoms with E-state index in [-0.39, 0.29) is 22.3 Å². The molecule has 1 aliphatic heterocycles. The van der Waals surface area contributed by atoms with Crippen molar-refractivity contribution >= 4 is 17.7 Å². The molecule has 2 rings (SSSR count). The van der Waals surface area contributed by atoms with E-state index in [4.69, 9.17) is 0 Å². The van der Waals surface area contributed by atoms with Gasteiger partial charge in [0.25, 0.3) is 0 Å². The van der Waals surface area contributed by atoms with Crippen LogP contribution in [0.25, 0.3) is 0 Å². The molecule has 1 heterocycles. The predicted octanol–water partition coefficient (Wildman–Crippen LogP) is 2.01. The summed E-state index contributed by atoms with van der Waals surface area (Å²) in [7, 11) is 1.84. The second kappa shape index (κ2) is 5.71. The Bertz CT molecular complexity index is 441. The van der Waals surface area contributed by atoms with Crippen molar-refractivity contribution in [1.82, 2.24) is 10.2 Å². The lowest BCUT2D eigenvalue weighted by Crippen LogP contribution is -2.35. The fourth-order valence-corrected chi connectivity index (χ4v) is 3.38. The highest BCUT2D eigenvalue weighted by Gasteiger charge is 2.38. The van der Waals surface area contributed by atoms with Crippen LogP contribution in [-0.2, 0) is 4.79 Å². The number of nitrogens with one attached hydrogen (secondary N) is 1. The Hall–Kier alpha value is -1.07. The van der Waals surface area contributed by atoms with Crippen LogP contribution in [0.1, 0.15) is 17.9 Å². The van der Waals surface area contributed by atoms with Crippen LogP contribution in [0, 0.1) is 5.82 Å². The second-order valence-electron chi connectivity index (χ2n) is 4.29. The number of hydrogen-bond donors (Lipinski definition) is 1. The van der Waals surface area contributed by atoms with Crippen molar-refractivity contribution in [2.45, 2.75) is 17.5 Å². The molecule has 18 heavy (non-hydrogen) atoms. The Labute approximate surface area is 111 Å². The summed E-state index contributed by atoms with van der Waals surface area (Å²) < 4.78 is 13.8. The summed E-state index contributed by atoms with van der Waals surface area (Å²) in [5.74, 6) is -0.158. The monoisotopic (exact) mass is 268 g/mol. The average Bonchev–Trinajstić information content (AvgIpc) is 2.64. The summed E-state index contributed by atoms with van der Waals surface area (Å²) in [5.41, 5.74) is 0.594.